The van der Waals surface area contributed by atoms with Crippen LogP contribution in [-0.4, -0.2) is 17.3 Å². The van der Waals surface area contributed by atoms with Crippen LogP contribution in [0.25, 0.3) is 22.6 Å². The lowest BCUT2D eigenvalue weighted by molar-refractivity contribution is 0.338. The molecule has 4 heteroatoms. The van der Waals surface area contributed by atoms with Crippen LogP contribution in [0, 0.1) is 6.92 Å². The summed E-state index contributed by atoms with van der Waals surface area (Å²) in [7, 11) is 1.52. The summed E-state index contributed by atoms with van der Waals surface area (Å²) in [6.07, 6.45) is 0. The van der Waals surface area contributed by atoms with E-state index in [4.69, 9.17) is 9.26 Å². The van der Waals surface area contributed by atoms with E-state index in [-0.39, 0.29) is 6.01 Å². The Morgan fingerprint density at radius 3 is 2.50 bits per heavy atom. The average Bonchev–Trinajstić information content (AvgIpc) is 2.97. The van der Waals surface area contributed by atoms with Gasteiger partial charge in [0.05, 0.1) is 7.11 Å². The van der Waals surface area contributed by atoms with Crippen LogP contribution in [0.15, 0.2) is 53.1 Å². The summed E-state index contributed by atoms with van der Waals surface area (Å²) in [6.45, 7) is 2.03. The van der Waals surface area contributed by atoms with Crippen molar-refractivity contribution < 1.29 is 9.26 Å². The van der Waals surface area contributed by atoms with Crippen molar-refractivity contribution in [1.82, 2.24) is 10.1 Å². The van der Waals surface area contributed by atoms with Crippen LogP contribution in [0.5, 0.6) is 6.01 Å². The largest absolute Gasteiger partial charge is 0.465 e. The molecule has 0 atom stereocenters. The molecule has 1 aromatic heterocycles. The van der Waals surface area contributed by atoms with Crippen LogP contribution < -0.4 is 4.74 Å². The van der Waals surface area contributed by atoms with Crippen LogP contribution in [0.4, 0.5) is 0 Å². The zero-order chi connectivity index (χ0) is 13.9. The Balaban J connectivity index is 2.16. The summed E-state index contributed by atoms with van der Waals surface area (Å²) in [4.78, 5) is 4.23. The van der Waals surface area contributed by atoms with Crippen molar-refractivity contribution in [3.05, 3.63) is 54.1 Å². The van der Waals surface area contributed by atoms with Crippen LogP contribution in [-0.2, 0) is 0 Å². The molecule has 4 nitrogen and oxygen atoms in total. The number of hydrogen-bond acceptors (Lipinski definition) is 4. The van der Waals surface area contributed by atoms with Gasteiger partial charge in [-0.25, -0.2) is 0 Å². The molecule has 3 rings (SSSR count). The second-order valence-electron chi connectivity index (χ2n) is 4.50. The Morgan fingerprint density at radius 2 is 1.80 bits per heavy atom. The highest BCUT2D eigenvalue weighted by Gasteiger charge is 2.14. The molecule has 1 heterocycles. The second kappa shape index (κ2) is 5.17. The fourth-order valence-corrected chi connectivity index (χ4v) is 2.11. The molecule has 0 aliphatic heterocycles. The van der Waals surface area contributed by atoms with Crippen LogP contribution in [0.2, 0.25) is 0 Å². The minimum Gasteiger partial charge on any atom is -0.465 e. The van der Waals surface area contributed by atoms with Gasteiger partial charge in [-0.05, 0) is 29.3 Å². The first-order valence-electron chi connectivity index (χ1n) is 6.32. The number of hydrogen-bond donors (Lipinski definition) is 0. The van der Waals surface area contributed by atoms with E-state index in [1.807, 2.05) is 31.2 Å². The predicted molar refractivity (Wildman–Crippen MR) is 76.5 cm³/mol. The maximum atomic E-state index is 5.27. The van der Waals surface area contributed by atoms with E-state index in [1.165, 1.54) is 7.11 Å². The molecule has 100 valence electrons. The molecule has 20 heavy (non-hydrogen) atoms. The first-order chi connectivity index (χ1) is 9.78. The molecule has 0 amide bonds. The molecule has 0 unspecified atom stereocenters. The molecule has 2 aromatic carbocycles. The van der Waals surface area contributed by atoms with E-state index in [2.05, 4.69) is 34.4 Å². The SMILES string of the molecule is COc1noc(-c2cc(C)ccc2-c2ccccc2)n1. The molecule has 0 fully saturated rings. The summed E-state index contributed by atoms with van der Waals surface area (Å²) in [6, 6.07) is 16.5. The van der Waals surface area contributed by atoms with E-state index in [1.54, 1.807) is 0 Å². The van der Waals surface area contributed by atoms with E-state index in [0.29, 0.717) is 5.89 Å². The lowest BCUT2D eigenvalue weighted by Crippen LogP contribution is -1.88. The molecular weight excluding hydrogens is 252 g/mol. The Kier molecular flexibility index (Phi) is 3.21. The molecule has 0 aliphatic rings. The molecule has 3 aromatic rings. The number of rotatable bonds is 3. The monoisotopic (exact) mass is 266 g/mol. The third-order valence-electron chi connectivity index (χ3n) is 3.08. The Labute approximate surface area is 117 Å². The number of ether oxygens (including phenoxy) is 1. The molecule has 0 saturated heterocycles. The molecule has 0 aliphatic carbocycles. The van der Waals surface area contributed by atoms with Crippen molar-refractivity contribution in [3.8, 4) is 28.6 Å². The van der Waals surface area contributed by atoms with Gasteiger partial charge in [0.25, 0.3) is 5.89 Å². The van der Waals surface area contributed by atoms with Crippen molar-refractivity contribution in [2.45, 2.75) is 6.92 Å². The maximum Gasteiger partial charge on any atom is 0.354 e. The zero-order valence-electron chi connectivity index (χ0n) is 11.3. The highest BCUT2D eigenvalue weighted by Crippen LogP contribution is 2.32. The molecule has 0 saturated carbocycles. The van der Waals surface area contributed by atoms with Gasteiger partial charge >= 0.3 is 6.01 Å². The number of benzene rings is 2. The smallest absolute Gasteiger partial charge is 0.354 e. The molecule has 0 bridgehead atoms. The first-order valence-corrected chi connectivity index (χ1v) is 6.32. The molecule has 0 radical (unpaired) electrons. The standard InChI is InChI=1S/C16H14N2O2/c1-11-8-9-13(12-6-4-3-5-7-12)14(10-11)15-17-16(19-2)18-20-15/h3-10H,1-2H3. The number of methoxy groups -OCH3 is 1. The van der Waals surface area contributed by atoms with Gasteiger partial charge in [0.1, 0.15) is 0 Å². The van der Waals surface area contributed by atoms with Crippen LogP contribution in [0.1, 0.15) is 5.56 Å². The number of aromatic nitrogens is 2. The first kappa shape index (κ1) is 12.4. The summed E-state index contributed by atoms with van der Waals surface area (Å²) in [5.74, 6) is 0.462. The predicted octanol–water partition coefficient (Wildman–Crippen LogP) is 3.72. The molecule has 0 spiro atoms. The van der Waals surface area contributed by atoms with E-state index in [0.717, 1.165) is 22.3 Å². The van der Waals surface area contributed by atoms with Crippen LogP contribution in [0.3, 0.4) is 0 Å². The minimum absolute atomic E-state index is 0.237. The van der Waals surface area contributed by atoms with Gasteiger partial charge in [0.15, 0.2) is 0 Å². The Morgan fingerprint density at radius 1 is 1.00 bits per heavy atom. The fraction of sp³-hybridized carbons (Fsp3) is 0.125. The highest BCUT2D eigenvalue weighted by atomic mass is 16.5. The normalized spacial score (nSPS) is 10.5. The lowest BCUT2D eigenvalue weighted by Gasteiger charge is -2.07. The van der Waals surface area contributed by atoms with Gasteiger partial charge in [-0.15, -0.1) is 0 Å². The van der Waals surface area contributed by atoms with Gasteiger partial charge in [-0.2, -0.15) is 4.98 Å². The summed E-state index contributed by atoms with van der Waals surface area (Å²) >= 11 is 0. The van der Waals surface area contributed by atoms with Gasteiger partial charge < -0.3 is 9.26 Å². The topological polar surface area (TPSA) is 48.2 Å². The van der Waals surface area contributed by atoms with Crippen molar-refractivity contribution in [2.75, 3.05) is 7.11 Å². The number of aryl methyl sites for hydroxylation is 1. The lowest BCUT2D eigenvalue weighted by atomic mass is 9.98. The summed E-state index contributed by atoms with van der Waals surface area (Å²) in [5.41, 5.74) is 4.21. The van der Waals surface area contributed by atoms with Gasteiger partial charge in [-0.3, -0.25) is 0 Å². The van der Waals surface area contributed by atoms with E-state index < -0.39 is 0 Å². The van der Waals surface area contributed by atoms with Crippen LogP contribution >= 0.6 is 0 Å². The second-order valence-corrected chi connectivity index (χ2v) is 4.50. The quantitative estimate of drug-likeness (QED) is 0.725. The minimum atomic E-state index is 0.237. The summed E-state index contributed by atoms with van der Waals surface area (Å²) in [5, 5.41) is 3.77. The third-order valence-corrected chi connectivity index (χ3v) is 3.08. The Bertz CT molecular complexity index is 720. The fourth-order valence-electron chi connectivity index (χ4n) is 2.11. The Hall–Kier alpha value is -2.62. The van der Waals surface area contributed by atoms with Crippen molar-refractivity contribution in [3.63, 3.8) is 0 Å². The molecule has 0 N–H and O–H groups in total. The van der Waals surface area contributed by atoms with Crippen molar-refractivity contribution in [2.24, 2.45) is 0 Å². The zero-order valence-corrected chi connectivity index (χ0v) is 11.3. The maximum absolute atomic E-state index is 5.27. The van der Waals surface area contributed by atoms with E-state index in [9.17, 15) is 0 Å². The third kappa shape index (κ3) is 2.28. The average molecular weight is 266 g/mol. The van der Waals surface area contributed by atoms with Gasteiger partial charge in [0, 0.05) is 5.56 Å². The van der Waals surface area contributed by atoms with Gasteiger partial charge in [0.2, 0.25) is 0 Å². The summed E-state index contributed by atoms with van der Waals surface area (Å²) < 4.78 is 10.2. The molecular formula is C16H14N2O2. The van der Waals surface area contributed by atoms with E-state index >= 15 is 0 Å². The van der Waals surface area contributed by atoms with Crippen molar-refractivity contribution in [1.29, 1.82) is 0 Å². The highest BCUT2D eigenvalue weighted by molar-refractivity contribution is 5.80. The number of nitrogens with zero attached hydrogens (tertiary/aromatic N) is 2. The van der Waals surface area contributed by atoms with Gasteiger partial charge in [-0.1, -0.05) is 48.0 Å². The van der Waals surface area contributed by atoms with Crippen molar-refractivity contribution >= 4 is 0 Å².